The average molecular weight is 266 g/mol. The van der Waals surface area contributed by atoms with Crippen LogP contribution in [-0.2, 0) is 6.54 Å². The molecule has 0 saturated heterocycles. The van der Waals surface area contributed by atoms with E-state index in [0.29, 0.717) is 19.0 Å². The molecule has 0 aromatic carbocycles. The van der Waals surface area contributed by atoms with Gasteiger partial charge in [0.2, 0.25) is 5.88 Å². The van der Waals surface area contributed by atoms with E-state index in [0.717, 1.165) is 17.3 Å². The van der Waals surface area contributed by atoms with Crippen molar-refractivity contribution in [2.45, 2.75) is 12.6 Å². The molecule has 0 fully saturated rings. The van der Waals surface area contributed by atoms with Crippen molar-refractivity contribution in [3.05, 3.63) is 36.3 Å². The van der Waals surface area contributed by atoms with E-state index in [1.54, 1.807) is 12.4 Å². The zero-order valence-corrected chi connectivity index (χ0v) is 10.5. The van der Waals surface area contributed by atoms with Gasteiger partial charge in [-0.3, -0.25) is 4.98 Å². The second-order valence-electron chi connectivity index (χ2n) is 3.70. The van der Waals surface area contributed by atoms with Crippen molar-refractivity contribution in [1.29, 1.82) is 0 Å². The van der Waals surface area contributed by atoms with Gasteiger partial charge >= 0.3 is 0 Å². The number of pyridine rings is 1. The molecule has 0 radical (unpaired) electrons. The Hall–Kier alpha value is -1.57. The third-order valence-corrected chi connectivity index (χ3v) is 2.68. The fourth-order valence-electron chi connectivity index (χ4n) is 1.34. The minimum atomic E-state index is -0.575. The Morgan fingerprint density at radius 1 is 1.39 bits per heavy atom. The summed E-state index contributed by atoms with van der Waals surface area (Å²) < 4.78 is 12.9. The zero-order chi connectivity index (χ0) is 12.6. The van der Waals surface area contributed by atoms with E-state index in [4.69, 9.17) is 4.74 Å². The van der Waals surface area contributed by atoms with Crippen molar-refractivity contribution < 1.29 is 9.84 Å². The average Bonchev–Trinajstić information content (AvgIpc) is 2.91. The maximum absolute atomic E-state index is 9.68. The van der Waals surface area contributed by atoms with Crippen LogP contribution < -0.4 is 10.1 Å². The topological polar surface area (TPSA) is 80.2 Å². The largest absolute Gasteiger partial charge is 0.473 e. The van der Waals surface area contributed by atoms with Gasteiger partial charge in [-0.05, 0) is 17.7 Å². The molecule has 96 valence electrons. The summed E-state index contributed by atoms with van der Waals surface area (Å²) in [5.41, 5.74) is 1.13. The molecule has 7 heteroatoms. The molecule has 2 N–H and O–H groups in total. The maximum atomic E-state index is 9.68. The zero-order valence-electron chi connectivity index (χ0n) is 9.69. The molecule has 0 amide bonds. The van der Waals surface area contributed by atoms with Crippen LogP contribution in [0.3, 0.4) is 0 Å². The van der Waals surface area contributed by atoms with Crippen LogP contribution in [0.2, 0.25) is 0 Å². The molecule has 0 aliphatic rings. The number of aliphatic hydroxyl groups is 1. The first-order chi connectivity index (χ1) is 8.84. The summed E-state index contributed by atoms with van der Waals surface area (Å²) in [5, 5.41) is 12.8. The molecule has 0 aliphatic heterocycles. The lowest BCUT2D eigenvalue weighted by molar-refractivity contribution is 0.104. The van der Waals surface area contributed by atoms with Crippen LogP contribution in [-0.4, -0.2) is 38.1 Å². The van der Waals surface area contributed by atoms with Crippen molar-refractivity contribution in [2.24, 2.45) is 0 Å². The highest BCUT2D eigenvalue weighted by atomic mass is 32.1. The predicted molar refractivity (Wildman–Crippen MR) is 67.4 cm³/mol. The number of aliphatic hydroxyl groups excluding tert-OH is 1. The SMILES string of the molecule is OC(CNCc1ccncc1)COc1cnsn1. The van der Waals surface area contributed by atoms with Gasteiger partial charge in [-0.25, -0.2) is 0 Å². The molecule has 0 aliphatic carbocycles. The fourth-order valence-corrected chi connectivity index (χ4v) is 1.71. The number of aromatic nitrogens is 3. The van der Waals surface area contributed by atoms with Gasteiger partial charge in [0.05, 0.1) is 11.7 Å². The predicted octanol–water partition coefficient (Wildman–Crippen LogP) is 0.463. The quantitative estimate of drug-likeness (QED) is 0.758. The van der Waals surface area contributed by atoms with E-state index in [2.05, 4.69) is 19.0 Å². The van der Waals surface area contributed by atoms with E-state index in [1.807, 2.05) is 12.1 Å². The lowest BCUT2D eigenvalue weighted by Gasteiger charge is -2.11. The van der Waals surface area contributed by atoms with E-state index in [9.17, 15) is 5.11 Å². The fraction of sp³-hybridized carbons (Fsp3) is 0.364. The first kappa shape index (κ1) is 12.9. The van der Waals surface area contributed by atoms with Crippen molar-refractivity contribution in [3.63, 3.8) is 0 Å². The molecule has 2 aromatic heterocycles. The molecule has 1 atom stereocenters. The van der Waals surface area contributed by atoms with Gasteiger partial charge in [-0.1, -0.05) is 0 Å². The minimum Gasteiger partial charge on any atom is -0.473 e. The van der Waals surface area contributed by atoms with Crippen LogP contribution >= 0.6 is 11.7 Å². The van der Waals surface area contributed by atoms with E-state index in [-0.39, 0.29) is 6.61 Å². The number of hydrogen-bond acceptors (Lipinski definition) is 7. The number of hydrogen-bond donors (Lipinski definition) is 2. The third kappa shape index (κ3) is 4.36. The standard InChI is InChI=1S/C11H14N4O2S/c16-10(8-17-11-7-14-18-15-11)6-13-5-9-1-3-12-4-2-9/h1-4,7,10,13,16H,5-6,8H2. The lowest BCUT2D eigenvalue weighted by Crippen LogP contribution is -2.31. The Labute approximate surface area is 109 Å². The molecule has 2 aromatic rings. The minimum absolute atomic E-state index is 0.203. The molecule has 0 bridgehead atoms. The smallest absolute Gasteiger partial charge is 0.245 e. The Balaban J connectivity index is 1.61. The van der Waals surface area contributed by atoms with Gasteiger partial charge in [0.25, 0.3) is 0 Å². The van der Waals surface area contributed by atoms with E-state index in [1.165, 1.54) is 6.20 Å². The molecular formula is C11H14N4O2S. The molecule has 0 spiro atoms. The molecule has 1 unspecified atom stereocenters. The molecule has 2 heterocycles. The van der Waals surface area contributed by atoms with Crippen molar-refractivity contribution in [1.82, 2.24) is 19.0 Å². The van der Waals surface area contributed by atoms with Crippen molar-refractivity contribution in [3.8, 4) is 5.88 Å². The van der Waals surface area contributed by atoms with Gasteiger partial charge in [-0.2, -0.15) is 4.37 Å². The summed E-state index contributed by atoms with van der Waals surface area (Å²) in [6.07, 6.45) is 4.44. The Morgan fingerprint density at radius 3 is 2.94 bits per heavy atom. The highest BCUT2D eigenvalue weighted by Crippen LogP contribution is 2.05. The van der Waals surface area contributed by atoms with Gasteiger partial charge < -0.3 is 15.2 Å². The van der Waals surface area contributed by atoms with Crippen LogP contribution in [0.15, 0.2) is 30.7 Å². The first-order valence-electron chi connectivity index (χ1n) is 5.52. The number of nitrogens with zero attached hydrogens (tertiary/aromatic N) is 3. The summed E-state index contributed by atoms with van der Waals surface area (Å²) >= 11 is 1.08. The van der Waals surface area contributed by atoms with E-state index < -0.39 is 6.10 Å². The second kappa shape index (κ2) is 7.00. The lowest BCUT2D eigenvalue weighted by atomic mass is 10.2. The van der Waals surface area contributed by atoms with E-state index >= 15 is 0 Å². The summed E-state index contributed by atoms with van der Waals surface area (Å²) in [5.74, 6) is 0.452. The molecule has 0 saturated carbocycles. The maximum Gasteiger partial charge on any atom is 0.245 e. The molecule has 18 heavy (non-hydrogen) atoms. The van der Waals surface area contributed by atoms with Gasteiger partial charge in [-0.15, -0.1) is 4.37 Å². The van der Waals surface area contributed by atoms with Gasteiger partial charge in [0.1, 0.15) is 18.9 Å². The van der Waals surface area contributed by atoms with Crippen molar-refractivity contribution in [2.75, 3.05) is 13.2 Å². The summed E-state index contributed by atoms with van der Waals surface area (Å²) in [6.45, 7) is 1.35. The number of nitrogens with one attached hydrogen (secondary N) is 1. The van der Waals surface area contributed by atoms with Gasteiger partial charge in [0, 0.05) is 25.5 Å². The third-order valence-electron chi connectivity index (χ3n) is 2.22. The summed E-state index contributed by atoms with van der Waals surface area (Å²) in [6, 6.07) is 3.85. The number of rotatable bonds is 7. The monoisotopic (exact) mass is 266 g/mol. The molecular weight excluding hydrogens is 252 g/mol. The van der Waals surface area contributed by atoms with Crippen LogP contribution in [0.1, 0.15) is 5.56 Å². The van der Waals surface area contributed by atoms with Crippen LogP contribution in [0.5, 0.6) is 5.88 Å². The molecule has 2 rings (SSSR count). The van der Waals surface area contributed by atoms with Crippen molar-refractivity contribution >= 4 is 11.7 Å². The molecule has 6 nitrogen and oxygen atoms in total. The van der Waals surface area contributed by atoms with Crippen LogP contribution in [0.4, 0.5) is 0 Å². The summed E-state index contributed by atoms with van der Waals surface area (Å²) in [4.78, 5) is 3.94. The highest BCUT2D eigenvalue weighted by Gasteiger charge is 2.06. The number of ether oxygens (including phenoxy) is 1. The Morgan fingerprint density at radius 2 is 2.22 bits per heavy atom. The Bertz CT molecular complexity index is 438. The first-order valence-corrected chi connectivity index (χ1v) is 6.25. The van der Waals surface area contributed by atoms with Crippen LogP contribution in [0.25, 0.3) is 0 Å². The highest BCUT2D eigenvalue weighted by molar-refractivity contribution is 6.99. The van der Waals surface area contributed by atoms with Crippen LogP contribution in [0, 0.1) is 0 Å². The van der Waals surface area contributed by atoms with Gasteiger partial charge in [0.15, 0.2) is 0 Å². The normalized spacial score (nSPS) is 12.3. The second-order valence-corrected chi connectivity index (χ2v) is 4.25. The Kier molecular flexibility index (Phi) is 5.00. The summed E-state index contributed by atoms with van der Waals surface area (Å²) in [7, 11) is 0.